The molecule has 7 rings (SSSR count). The zero-order valence-electron chi connectivity index (χ0n) is 18.9. The van der Waals surface area contributed by atoms with Crippen LogP contribution in [0.25, 0.3) is 51.1 Å². The lowest BCUT2D eigenvalue weighted by Gasteiger charge is -2.06. The largest absolute Gasteiger partial charge is 0.383 e. The highest BCUT2D eigenvalue weighted by Gasteiger charge is 2.17. The van der Waals surface area contributed by atoms with E-state index >= 15 is 0 Å². The first-order chi connectivity index (χ1) is 17.6. The molecule has 3 N–H and O–H groups in total. The molecule has 5 aromatic carbocycles. The SMILES string of the molecule is N=C(N=C(N)c1cc(Cl)cc2c1sc1c3ccccc3ccc21)c1cccc2c1sc1ccccc12. The highest BCUT2D eigenvalue weighted by Crippen LogP contribution is 2.41. The Morgan fingerprint density at radius 1 is 0.667 bits per heavy atom. The molecule has 0 fully saturated rings. The maximum atomic E-state index is 8.85. The number of halogens is 1. The van der Waals surface area contributed by atoms with E-state index < -0.39 is 0 Å². The summed E-state index contributed by atoms with van der Waals surface area (Å²) >= 11 is 9.94. The van der Waals surface area contributed by atoms with Gasteiger partial charge in [-0.05, 0) is 35.0 Å². The smallest absolute Gasteiger partial charge is 0.155 e. The summed E-state index contributed by atoms with van der Waals surface area (Å²) in [5, 5.41) is 16.4. The molecule has 0 aliphatic rings. The van der Waals surface area contributed by atoms with Crippen LogP contribution >= 0.6 is 34.3 Å². The van der Waals surface area contributed by atoms with Crippen molar-refractivity contribution in [3.63, 3.8) is 0 Å². The number of hydrogen-bond acceptors (Lipinski definition) is 3. The summed E-state index contributed by atoms with van der Waals surface area (Å²) in [5.41, 5.74) is 8.12. The van der Waals surface area contributed by atoms with Gasteiger partial charge >= 0.3 is 0 Å². The molecule has 2 aromatic heterocycles. The third-order valence-electron chi connectivity index (χ3n) is 6.60. The van der Waals surface area contributed by atoms with Crippen molar-refractivity contribution in [2.24, 2.45) is 10.7 Å². The highest BCUT2D eigenvalue weighted by atomic mass is 35.5. The number of nitrogens with two attached hydrogens (primary N) is 1. The van der Waals surface area contributed by atoms with E-state index in [1.807, 2.05) is 36.4 Å². The predicted octanol–water partition coefficient (Wildman–Crippen LogP) is 8.96. The summed E-state index contributed by atoms with van der Waals surface area (Å²) < 4.78 is 4.47. The molecule has 0 unspecified atom stereocenters. The number of benzene rings is 5. The van der Waals surface area contributed by atoms with Crippen LogP contribution in [0.1, 0.15) is 11.1 Å². The minimum Gasteiger partial charge on any atom is -0.383 e. The van der Waals surface area contributed by atoms with Crippen molar-refractivity contribution in [1.29, 1.82) is 5.41 Å². The summed E-state index contributed by atoms with van der Waals surface area (Å²) in [6.07, 6.45) is 0. The fraction of sp³-hybridized carbons (Fsp3) is 0. The lowest BCUT2D eigenvalue weighted by atomic mass is 10.0. The molecule has 2 heterocycles. The standard InChI is InChI=1S/C30H18ClN3S2/c31-17-14-23-21-13-12-16-6-1-2-7-18(16)26(21)36-28(23)24(15-17)30(33)34-29(32)22-10-5-9-20-19-8-3-4-11-25(19)35-27(20)22/h1-15H,(H3,32,33,34). The van der Waals surface area contributed by atoms with Crippen molar-refractivity contribution in [3.05, 3.63) is 107 Å². The van der Waals surface area contributed by atoms with Crippen LogP contribution in [-0.2, 0) is 0 Å². The van der Waals surface area contributed by atoms with Gasteiger partial charge in [-0.15, -0.1) is 22.7 Å². The number of aliphatic imine (C=N–C) groups is 1. The predicted molar refractivity (Wildman–Crippen MR) is 159 cm³/mol. The Hall–Kier alpha value is -3.77. The van der Waals surface area contributed by atoms with Gasteiger partial charge in [0.2, 0.25) is 0 Å². The summed E-state index contributed by atoms with van der Waals surface area (Å²) in [7, 11) is 0. The van der Waals surface area contributed by atoms with Crippen LogP contribution in [0.2, 0.25) is 5.02 Å². The number of thiophene rings is 2. The molecule has 6 heteroatoms. The molecule has 172 valence electrons. The van der Waals surface area contributed by atoms with Crippen LogP contribution < -0.4 is 5.73 Å². The molecule has 0 bridgehead atoms. The van der Waals surface area contributed by atoms with Crippen LogP contribution in [0.3, 0.4) is 0 Å². The van der Waals surface area contributed by atoms with Crippen LogP contribution in [0.4, 0.5) is 0 Å². The molecule has 7 aromatic rings. The van der Waals surface area contributed by atoms with E-state index in [2.05, 4.69) is 59.6 Å². The minimum atomic E-state index is 0.143. The second kappa shape index (κ2) is 8.14. The Balaban J connectivity index is 1.41. The van der Waals surface area contributed by atoms with Crippen molar-refractivity contribution in [3.8, 4) is 0 Å². The monoisotopic (exact) mass is 519 g/mol. The summed E-state index contributed by atoms with van der Waals surface area (Å²) in [6, 6.07) is 30.8. The van der Waals surface area contributed by atoms with Crippen LogP contribution in [0.15, 0.2) is 96.0 Å². The van der Waals surface area contributed by atoms with Gasteiger partial charge in [-0.2, -0.15) is 0 Å². The van der Waals surface area contributed by atoms with E-state index in [9.17, 15) is 0 Å². The fourth-order valence-electron chi connectivity index (χ4n) is 4.94. The van der Waals surface area contributed by atoms with Gasteiger partial charge in [0.1, 0.15) is 5.84 Å². The van der Waals surface area contributed by atoms with Crippen molar-refractivity contribution in [2.45, 2.75) is 0 Å². The Labute approximate surface area is 219 Å². The molecule has 0 spiro atoms. The number of nitrogens with zero attached hydrogens (tertiary/aromatic N) is 1. The van der Waals surface area contributed by atoms with Gasteiger partial charge in [0.05, 0.1) is 0 Å². The first kappa shape index (κ1) is 21.5. The maximum Gasteiger partial charge on any atom is 0.155 e. The van der Waals surface area contributed by atoms with E-state index in [-0.39, 0.29) is 5.84 Å². The third-order valence-corrected chi connectivity index (χ3v) is 9.32. The normalized spacial score (nSPS) is 12.4. The second-order valence-corrected chi connectivity index (χ2v) is 11.2. The van der Waals surface area contributed by atoms with Gasteiger partial charge in [0.15, 0.2) is 5.84 Å². The van der Waals surface area contributed by atoms with E-state index in [1.165, 1.54) is 25.6 Å². The second-order valence-electron chi connectivity index (χ2n) is 8.72. The zero-order chi connectivity index (χ0) is 24.4. The Morgan fingerprint density at radius 2 is 1.39 bits per heavy atom. The highest BCUT2D eigenvalue weighted by molar-refractivity contribution is 7.27. The van der Waals surface area contributed by atoms with E-state index in [0.717, 1.165) is 36.7 Å². The lowest BCUT2D eigenvalue weighted by Crippen LogP contribution is -2.16. The molecule has 0 saturated carbocycles. The topological polar surface area (TPSA) is 62.2 Å². The first-order valence-electron chi connectivity index (χ1n) is 11.5. The fourth-order valence-corrected chi connectivity index (χ4v) is 7.71. The number of rotatable bonds is 2. The summed E-state index contributed by atoms with van der Waals surface area (Å²) in [6.45, 7) is 0. The number of fused-ring (bicyclic) bond motifs is 8. The van der Waals surface area contributed by atoms with Gasteiger partial charge in [0, 0.05) is 56.5 Å². The average molecular weight is 520 g/mol. The molecule has 0 aliphatic carbocycles. The van der Waals surface area contributed by atoms with Gasteiger partial charge in [0.25, 0.3) is 0 Å². The molecular weight excluding hydrogens is 502 g/mol. The Bertz CT molecular complexity index is 2050. The average Bonchev–Trinajstić information content (AvgIpc) is 3.46. The Morgan fingerprint density at radius 3 is 2.28 bits per heavy atom. The summed E-state index contributed by atoms with van der Waals surface area (Å²) in [5.74, 6) is 0.436. The maximum absolute atomic E-state index is 8.85. The molecule has 0 saturated heterocycles. The van der Waals surface area contributed by atoms with Crippen molar-refractivity contribution < 1.29 is 0 Å². The van der Waals surface area contributed by atoms with Crippen LogP contribution in [0.5, 0.6) is 0 Å². The molecular formula is C30H18ClN3S2. The quantitative estimate of drug-likeness (QED) is 0.174. The van der Waals surface area contributed by atoms with Crippen LogP contribution in [-0.4, -0.2) is 11.7 Å². The van der Waals surface area contributed by atoms with Gasteiger partial charge in [-0.25, -0.2) is 4.99 Å². The molecule has 0 radical (unpaired) electrons. The molecule has 3 nitrogen and oxygen atoms in total. The van der Waals surface area contributed by atoms with Crippen molar-refractivity contribution in [1.82, 2.24) is 0 Å². The van der Waals surface area contributed by atoms with E-state index in [1.54, 1.807) is 22.7 Å². The van der Waals surface area contributed by atoms with Gasteiger partial charge in [-0.3, -0.25) is 5.41 Å². The Kier molecular flexibility index (Phi) is 4.86. The summed E-state index contributed by atoms with van der Waals surface area (Å²) in [4.78, 5) is 4.59. The number of nitrogens with one attached hydrogen (secondary N) is 1. The van der Waals surface area contributed by atoms with Gasteiger partial charge < -0.3 is 5.73 Å². The number of hydrogen-bond donors (Lipinski definition) is 2. The van der Waals surface area contributed by atoms with E-state index in [0.29, 0.717) is 10.9 Å². The molecule has 0 aliphatic heterocycles. The van der Waals surface area contributed by atoms with Crippen molar-refractivity contribution >= 4 is 97.1 Å². The van der Waals surface area contributed by atoms with Crippen molar-refractivity contribution in [2.75, 3.05) is 0 Å². The molecule has 36 heavy (non-hydrogen) atoms. The van der Waals surface area contributed by atoms with Gasteiger partial charge in [-0.1, -0.05) is 78.3 Å². The number of amidine groups is 2. The van der Waals surface area contributed by atoms with Crippen LogP contribution in [0, 0.1) is 5.41 Å². The third kappa shape index (κ3) is 3.24. The lowest BCUT2D eigenvalue weighted by molar-refractivity contribution is 1.42. The first-order valence-corrected chi connectivity index (χ1v) is 13.5. The molecule has 0 amide bonds. The minimum absolute atomic E-state index is 0.143. The zero-order valence-corrected chi connectivity index (χ0v) is 21.3. The van der Waals surface area contributed by atoms with E-state index in [4.69, 9.17) is 22.7 Å². The molecule has 0 atom stereocenters.